The van der Waals surface area contributed by atoms with E-state index in [0.29, 0.717) is 11.5 Å². The van der Waals surface area contributed by atoms with Crippen LogP contribution < -0.4 is 5.32 Å². The molecule has 4 nitrogen and oxygen atoms in total. The van der Waals surface area contributed by atoms with Crippen LogP contribution in [-0.2, 0) is 15.1 Å². The van der Waals surface area contributed by atoms with Crippen LogP contribution in [0.1, 0.15) is 44.1 Å². The molecular weight excluding hydrogens is 290 g/mol. The number of aliphatic hydroxyl groups is 1. The van der Waals surface area contributed by atoms with Crippen LogP contribution in [0.2, 0.25) is 0 Å². The lowest BCUT2D eigenvalue weighted by atomic mass is 9.80. The number of hydrogen-bond acceptors (Lipinski definition) is 4. The van der Waals surface area contributed by atoms with Crippen molar-refractivity contribution in [2.75, 3.05) is 6.54 Å². The molecule has 2 bridgehead atoms. The molecule has 3 aliphatic rings. The summed E-state index contributed by atoms with van der Waals surface area (Å²) in [6, 6.07) is 9.63. The fourth-order valence-corrected chi connectivity index (χ4v) is 4.74. The minimum Gasteiger partial charge on any atom is -0.458 e. The Morgan fingerprint density at radius 1 is 1.13 bits per heavy atom. The van der Waals surface area contributed by atoms with Gasteiger partial charge in [0.25, 0.3) is 0 Å². The minimum absolute atomic E-state index is 0.0376. The number of nitrogens with one attached hydrogen (secondary N) is 1. The predicted molar refractivity (Wildman–Crippen MR) is 86.7 cm³/mol. The van der Waals surface area contributed by atoms with Crippen LogP contribution in [0.4, 0.5) is 0 Å². The number of fused-ring (bicyclic) bond motifs is 2. The Morgan fingerprint density at radius 2 is 1.87 bits per heavy atom. The minimum atomic E-state index is -1.50. The molecule has 1 aliphatic heterocycles. The van der Waals surface area contributed by atoms with E-state index in [1.807, 2.05) is 30.3 Å². The number of piperidine rings is 1. The van der Waals surface area contributed by atoms with Crippen molar-refractivity contribution in [1.82, 2.24) is 5.32 Å². The van der Waals surface area contributed by atoms with Crippen LogP contribution in [0.25, 0.3) is 0 Å². The number of rotatable bonds is 4. The van der Waals surface area contributed by atoms with E-state index in [4.69, 9.17) is 4.74 Å². The van der Waals surface area contributed by atoms with Crippen LogP contribution in [0.15, 0.2) is 30.3 Å². The summed E-state index contributed by atoms with van der Waals surface area (Å²) in [4.78, 5) is 13.0. The molecule has 4 rings (SSSR count). The maximum Gasteiger partial charge on any atom is 0.343 e. The van der Waals surface area contributed by atoms with Gasteiger partial charge in [-0.15, -0.1) is 0 Å². The number of carbonyl (C=O) groups excluding carboxylic acids is 1. The fourth-order valence-electron chi connectivity index (χ4n) is 4.74. The van der Waals surface area contributed by atoms with Crippen molar-refractivity contribution in [3.05, 3.63) is 35.9 Å². The van der Waals surface area contributed by atoms with Gasteiger partial charge in [0.05, 0.1) is 0 Å². The molecule has 1 heterocycles. The summed E-state index contributed by atoms with van der Waals surface area (Å²) >= 11 is 0. The first-order valence-electron chi connectivity index (χ1n) is 8.92. The molecule has 0 aromatic heterocycles. The van der Waals surface area contributed by atoms with Gasteiger partial charge in [-0.3, -0.25) is 0 Å². The second-order valence-electron chi connectivity index (χ2n) is 7.34. The fraction of sp³-hybridized carbons (Fsp3) is 0.632. The second-order valence-corrected chi connectivity index (χ2v) is 7.34. The van der Waals surface area contributed by atoms with E-state index in [-0.39, 0.29) is 18.1 Å². The van der Waals surface area contributed by atoms with Crippen molar-refractivity contribution in [2.45, 2.75) is 56.3 Å². The van der Waals surface area contributed by atoms with Gasteiger partial charge in [-0.2, -0.15) is 0 Å². The Morgan fingerprint density at radius 3 is 2.43 bits per heavy atom. The topological polar surface area (TPSA) is 58.6 Å². The number of ether oxygens (including phenoxy) is 1. The molecule has 0 radical (unpaired) electrons. The lowest BCUT2D eigenvalue weighted by Gasteiger charge is -2.33. The van der Waals surface area contributed by atoms with Gasteiger partial charge in [0.2, 0.25) is 0 Å². The molecule has 4 heteroatoms. The molecule has 3 unspecified atom stereocenters. The van der Waals surface area contributed by atoms with E-state index < -0.39 is 11.6 Å². The van der Waals surface area contributed by atoms with E-state index in [9.17, 15) is 9.90 Å². The quantitative estimate of drug-likeness (QED) is 0.838. The highest BCUT2D eigenvalue weighted by Gasteiger charge is 2.51. The van der Waals surface area contributed by atoms with Crippen LogP contribution >= 0.6 is 0 Å². The highest BCUT2D eigenvalue weighted by molar-refractivity contribution is 5.82. The third kappa shape index (κ3) is 2.48. The lowest BCUT2D eigenvalue weighted by Crippen LogP contribution is -2.46. The number of hydrogen-bond donors (Lipinski definition) is 2. The molecule has 23 heavy (non-hydrogen) atoms. The van der Waals surface area contributed by atoms with Crippen molar-refractivity contribution in [2.24, 2.45) is 11.8 Å². The van der Waals surface area contributed by atoms with Gasteiger partial charge >= 0.3 is 5.97 Å². The Hall–Kier alpha value is -1.39. The maximum atomic E-state index is 13.0. The van der Waals surface area contributed by atoms with Crippen molar-refractivity contribution in [3.63, 3.8) is 0 Å². The van der Waals surface area contributed by atoms with Crippen molar-refractivity contribution in [1.29, 1.82) is 0 Å². The zero-order valence-electron chi connectivity index (χ0n) is 13.4. The summed E-state index contributed by atoms with van der Waals surface area (Å²) in [5.74, 6) is -0.0711. The first-order chi connectivity index (χ1) is 11.2. The number of benzene rings is 1. The Balaban J connectivity index is 1.61. The molecule has 3 fully saturated rings. The molecule has 0 spiro atoms. The summed E-state index contributed by atoms with van der Waals surface area (Å²) in [5.41, 5.74) is -0.824. The Bertz CT molecular complexity index is 549. The summed E-state index contributed by atoms with van der Waals surface area (Å²) in [6.07, 6.45) is 6.02. The van der Waals surface area contributed by atoms with Crippen LogP contribution in [0, 0.1) is 11.8 Å². The third-order valence-corrected chi connectivity index (χ3v) is 6.07. The summed E-state index contributed by atoms with van der Waals surface area (Å²) in [6.45, 7) is 0.926. The van der Waals surface area contributed by atoms with Gasteiger partial charge in [0.15, 0.2) is 5.60 Å². The summed E-state index contributed by atoms with van der Waals surface area (Å²) in [7, 11) is 0. The molecule has 2 saturated carbocycles. The molecule has 124 valence electrons. The molecule has 1 saturated heterocycles. The number of esters is 1. The first-order valence-corrected chi connectivity index (χ1v) is 8.92. The zero-order chi connectivity index (χ0) is 15.9. The van der Waals surface area contributed by atoms with Crippen LogP contribution in [0.5, 0.6) is 0 Å². The lowest BCUT2D eigenvalue weighted by molar-refractivity contribution is -0.180. The van der Waals surface area contributed by atoms with E-state index >= 15 is 0 Å². The van der Waals surface area contributed by atoms with Gasteiger partial charge in [0.1, 0.15) is 6.10 Å². The van der Waals surface area contributed by atoms with Gasteiger partial charge in [-0.05, 0) is 31.2 Å². The molecule has 2 aliphatic carbocycles. The largest absolute Gasteiger partial charge is 0.458 e. The molecule has 4 atom stereocenters. The Kier molecular flexibility index (Phi) is 3.90. The van der Waals surface area contributed by atoms with E-state index in [1.165, 1.54) is 0 Å². The molecule has 2 N–H and O–H groups in total. The SMILES string of the molecule is O=C(OC1C2CC[C@H]1NC2)C(O)(c1ccccc1)C1CCCC1. The predicted octanol–water partition coefficient (Wildman–Crippen LogP) is 2.36. The maximum absolute atomic E-state index is 13.0. The summed E-state index contributed by atoms with van der Waals surface area (Å²) in [5, 5.41) is 14.8. The smallest absolute Gasteiger partial charge is 0.343 e. The van der Waals surface area contributed by atoms with Crippen molar-refractivity contribution >= 4 is 5.97 Å². The second kappa shape index (κ2) is 5.91. The van der Waals surface area contributed by atoms with Gasteiger partial charge in [-0.25, -0.2) is 4.79 Å². The molecule has 0 amide bonds. The monoisotopic (exact) mass is 315 g/mol. The summed E-state index contributed by atoms with van der Waals surface area (Å²) < 4.78 is 5.88. The highest BCUT2D eigenvalue weighted by atomic mass is 16.6. The van der Waals surface area contributed by atoms with E-state index in [2.05, 4.69) is 5.32 Å². The molecular formula is C19H25NO3. The van der Waals surface area contributed by atoms with Crippen molar-refractivity contribution < 1.29 is 14.6 Å². The van der Waals surface area contributed by atoms with Crippen LogP contribution in [0.3, 0.4) is 0 Å². The number of carbonyl (C=O) groups is 1. The van der Waals surface area contributed by atoms with Crippen molar-refractivity contribution in [3.8, 4) is 0 Å². The van der Waals surface area contributed by atoms with Crippen LogP contribution in [-0.4, -0.2) is 29.8 Å². The van der Waals surface area contributed by atoms with E-state index in [0.717, 1.165) is 45.1 Å². The van der Waals surface area contributed by atoms with Gasteiger partial charge in [-0.1, -0.05) is 43.2 Å². The average molecular weight is 315 g/mol. The third-order valence-electron chi connectivity index (χ3n) is 6.07. The average Bonchev–Trinajstić information content (AvgIpc) is 3.33. The van der Waals surface area contributed by atoms with Gasteiger partial charge in [0, 0.05) is 24.4 Å². The van der Waals surface area contributed by atoms with E-state index in [1.54, 1.807) is 0 Å². The van der Waals surface area contributed by atoms with Gasteiger partial charge < -0.3 is 15.2 Å². The molecule has 1 aromatic carbocycles. The Labute approximate surface area is 137 Å². The zero-order valence-corrected chi connectivity index (χ0v) is 13.4. The standard InChI is InChI=1S/C19H25NO3/c21-18(23-17-13-10-11-16(17)20-12-13)19(22,15-8-4-5-9-15)14-6-2-1-3-7-14/h1-3,6-7,13,15-17,20,22H,4-5,8-12H2/t13?,16-,17?,19?/m1/s1. The first kappa shape index (κ1) is 15.2. The highest BCUT2D eigenvalue weighted by Crippen LogP contribution is 2.43. The molecule has 1 aromatic rings. The normalized spacial score (nSPS) is 32.8.